The Hall–Kier alpha value is -2.27. The van der Waals surface area contributed by atoms with Crippen molar-refractivity contribution in [2.24, 2.45) is 0 Å². The Kier molecular flexibility index (Phi) is 5.13. The lowest BCUT2D eigenvalue weighted by molar-refractivity contribution is 0.0593. The predicted octanol–water partition coefficient (Wildman–Crippen LogP) is 3.33. The molecule has 0 unspecified atom stereocenters. The molecule has 0 aliphatic carbocycles. The number of H-pyrrole nitrogens is 1. The normalized spacial score (nSPS) is 15.2. The molecule has 2 aromatic rings. The Morgan fingerprint density at radius 2 is 1.92 bits per heavy atom. The molecule has 1 saturated heterocycles. The molecule has 1 aromatic carbocycles. The Morgan fingerprint density at radius 1 is 1.24 bits per heavy atom. The summed E-state index contributed by atoms with van der Waals surface area (Å²) in [5, 5.41) is 0.586. The Labute approximate surface area is 151 Å². The lowest BCUT2D eigenvalue weighted by Crippen LogP contribution is -2.43. The molecule has 3 rings (SSSR count). The summed E-state index contributed by atoms with van der Waals surface area (Å²) in [4.78, 5) is 29.7. The van der Waals surface area contributed by atoms with Gasteiger partial charge in [-0.3, -0.25) is 9.59 Å². The third kappa shape index (κ3) is 3.87. The number of nitrogens with one attached hydrogen (secondary N) is 1. The van der Waals surface area contributed by atoms with Gasteiger partial charge in [0.1, 0.15) is 17.4 Å². The van der Waals surface area contributed by atoms with Gasteiger partial charge in [-0.1, -0.05) is 23.7 Å². The largest absolute Gasteiger partial charge is 0.489 e. The van der Waals surface area contributed by atoms with Gasteiger partial charge in [0.2, 0.25) is 0 Å². The van der Waals surface area contributed by atoms with Gasteiger partial charge >= 0.3 is 0 Å². The fourth-order valence-electron chi connectivity index (χ4n) is 3.17. The van der Waals surface area contributed by atoms with Crippen LogP contribution in [0.5, 0.6) is 5.75 Å². The Bertz CT molecular complexity index is 839. The quantitative estimate of drug-likeness (QED) is 0.913. The second kappa shape index (κ2) is 7.31. The molecule has 1 N–H and O–H groups in total. The second-order valence-corrected chi connectivity index (χ2v) is 6.76. The van der Waals surface area contributed by atoms with Gasteiger partial charge in [-0.2, -0.15) is 0 Å². The summed E-state index contributed by atoms with van der Waals surface area (Å²) in [6, 6.07) is 8.84. The van der Waals surface area contributed by atoms with Crippen molar-refractivity contribution >= 4 is 17.5 Å². The molecule has 6 heteroatoms. The zero-order valence-corrected chi connectivity index (χ0v) is 15.1. The molecule has 5 nitrogen and oxygen atoms in total. The lowest BCUT2D eigenvalue weighted by Gasteiger charge is -2.32. The highest BCUT2D eigenvalue weighted by atomic mass is 35.5. The number of pyridine rings is 1. The topological polar surface area (TPSA) is 62.4 Å². The molecule has 25 heavy (non-hydrogen) atoms. The van der Waals surface area contributed by atoms with Crippen molar-refractivity contribution in [3.05, 3.63) is 62.5 Å². The molecule has 1 fully saturated rings. The van der Waals surface area contributed by atoms with Crippen molar-refractivity contribution in [2.45, 2.75) is 32.8 Å². The van der Waals surface area contributed by atoms with E-state index in [4.69, 9.17) is 16.3 Å². The number of halogens is 1. The highest BCUT2D eigenvalue weighted by Gasteiger charge is 2.27. The van der Waals surface area contributed by atoms with Crippen LogP contribution in [0.1, 0.15) is 34.6 Å². The number of ether oxygens (including phenoxy) is 1. The summed E-state index contributed by atoms with van der Waals surface area (Å²) >= 11 is 6.12. The second-order valence-electron chi connectivity index (χ2n) is 6.36. The number of amides is 1. The fourth-order valence-corrected chi connectivity index (χ4v) is 3.35. The molecule has 132 valence electrons. The van der Waals surface area contributed by atoms with E-state index < -0.39 is 0 Å². The number of aromatic amines is 1. The van der Waals surface area contributed by atoms with Crippen molar-refractivity contribution in [2.75, 3.05) is 13.1 Å². The van der Waals surface area contributed by atoms with Crippen molar-refractivity contribution in [3.8, 4) is 5.75 Å². The SMILES string of the molecule is Cc1cc(=O)c(C(=O)N2CCC(Oc3ccccc3Cl)CC2)c(C)[nH]1. The molecule has 1 aromatic heterocycles. The van der Waals surface area contributed by atoms with E-state index in [0.717, 1.165) is 5.69 Å². The smallest absolute Gasteiger partial charge is 0.259 e. The molecule has 2 heterocycles. The minimum absolute atomic E-state index is 0.0151. The Morgan fingerprint density at radius 3 is 2.56 bits per heavy atom. The number of carbonyl (C=O) groups excluding carboxylic acids is 1. The number of hydrogen-bond acceptors (Lipinski definition) is 3. The maximum atomic E-state index is 12.7. The van der Waals surface area contributed by atoms with Crippen LogP contribution < -0.4 is 10.2 Å². The number of likely N-dealkylation sites (tertiary alicyclic amines) is 1. The summed E-state index contributed by atoms with van der Waals surface area (Å²) < 4.78 is 5.95. The van der Waals surface area contributed by atoms with Crippen LogP contribution in [0, 0.1) is 13.8 Å². The van der Waals surface area contributed by atoms with E-state index in [2.05, 4.69) is 4.98 Å². The van der Waals surface area contributed by atoms with Crippen molar-refractivity contribution in [1.29, 1.82) is 0 Å². The first-order chi connectivity index (χ1) is 12.0. The third-order valence-electron chi connectivity index (χ3n) is 4.43. The predicted molar refractivity (Wildman–Crippen MR) is 97.5 cm³/mol. The van der Waals surface area contributed by atoms with Crippen LogP contribution >= 0.6 is 11.6 Å². The van der Waals surface area contributed by atoms with Gasteiger partial charge in [0.25, 0.3) is 5.91 Å². The van der Waals surface area contributed by atoms with Crippen molar-refractivity contribution in [3.63, 3.8) is 0 Å². The third-order valence-corrected chi connectivity index (χ3v) is 4.74. The number of aryl methyl sites for hydroxylation is 2. The minimum Gasteiger partial charge on any atom is -0.489 e. The monoisotopic (exact) mass is 360 g/mol. The number of benzene rings is 1. The van der Waals surface area contributed by atoms with Gasteiger partial charge in [0.05, 0.1) is 5.02 Å². The van der Waals surface area contributed by atoms with E-state index in [9.17, 15) is 9.59 Å². The maximum Gasteiger partial charge on any atom is 0.259 e. The van der Waals surface area contributed by atoms with Crippen LogP contribution in [-0.4, -0.2) is 35.0 Å². The maximum absolute atomic E-state index is 12.7. The molecule has 0 bridgehead atoms. The van der Waals surface area contributed by atoms with Crippen LogP contribution in [0.4, 0.5) is 0 Å². The molecule has 0 radical (unpaired) electrons. The van der Waals surface area contributed by atoms with Crippen LogP contribution in [0.15, 0.2) is 35.1 Å². The van der Waals surface area contributed by atoms with E-state index in [1.54, 1.807) is 24.8 Å². The highest BCUT2D eigenvalue weighted by molar-refractivity contribution is 6.32. The molecular weight excluding hydrogens is 340 g/mol. The van der Waals surface area contributed by atoms with E-state index in [0.29, 0.717) is 42.4 Å². The number of para-hydroxylation sites is 1. The fraction of sp³-hybridized carbons (Fsp3) is 0.368. The molecule has 0 saturated carbocycles. The summed E-state index contributed by atoms with van der Waals surface area (Å²) in [5.41, 5.74) is 1.37. The Balaban J connectivity index is 1.65. The van der Waals surface area contributed by atoms with Crippen LogP contribution in [0.25, 0.3) is 0 Å². The molecule has 1 aliphatic heterocycles. The van der Waals surface area contributed by atoms with Crippen LogP contribution in [0.3, 0.4) is 0 Å². The molecule has 0 atom stereocenters. The molecular formula is C19H21ClN2O3. The van der Waals surface area contributed by atoms with E-state index in [1.165, 1.54) is 6.07 Å². The zero-order chi connectivity index (χ0) is 18.0. The van der Waals surface area contributed by atoms with Crippen LogP contribution in [0.2, 0.25) is 5.02 Å². The zero-order valence-electron chi connectivity index (χ0n) is 14.3. The standard InChI is InChI=1S/C19H21ClN2O3/c1-12-11-16(23)18(13(2)21-12)19(24)22-9-7-14(8-10-22)25-17-6-4-3-5-15(17)20/h3-6,11,14H,7-10H2,1-2H3,(H,21,23). The first-order valence-corrected chi connectivity index (χ1v) is 8.74. The number of hydrogen-bond donors (Lipinski definition) is 1. The number of rotatable bonds is 3. The first kappa shape index (κ1) is 17.5. The van der Waals surface area contributed by atoms with Gasteiger partial charge in [0, 0.05) is 43.4 Å². The van der Waals surface area contributed by atoms with Crippen molar-refractivity contribution < 1.29 is 9.53 Å². The molecule has 1 aliphatic rings. The lowest BCUT2D eigenvalue weighted by atomic mass is 10.1. The van der Waals surface area contributed by atoms with Gasteiger partial charge in [-0.25, -0.2) is 0 Å². The number of aromatic nitrogens is 1. The number of nitrogens with zero attached hydrogens (tertiary/aromatic N) is 1. The van der Waals surface area contributed by atoms with E-state index in [-0.39, 0.29) is 23.0 Å². The number of carbonyl (C=O) groups is 1. The average Bonchev–Trinajstić information content (AvgIpc) is 2.56. The summed E-state index contributed by atoms with van der Waals surface area (Å²) in [6.07, 6.45) is 1.43. The van der Waals surface area contributed by atoms with E-state index >= 15 is 0 Å². The molecule has 1 amide bonds. The van der Waals surface area contributed by atoms with Crippen LogP contribution in [-0.2, 0) is 0 Å². The highest BCUT2D eigenvalue weighted by Crippen LogP contribution is 2.27. The first-order valence-electron chi connectivity index (χ1n) is 8.36. The van der Waals surface area contributed by atoms with Gasteiger partial charge < -0.3 is 14.6 Å². The summed E-state index contributed by atoms with van der Waals surface area (Å²) in [6.45, 7) is 4.68. The van der Waals surface area contributed by atoms with Gasteiger partial charge in [-0.05, 0) is 26.0 Å². The summed E-state index contributed by atoms with van der Waals surface area (Å²) in [7, 11) is 0. The molecule has 0 spiro atoms. The van der Waals surface area contributed by atoms with Gasteiger partial charge in [0.15, 0.2) is 5.43 Å². The minimum atomic E-state index is -0.229. The average molecular weight is 361 g/mol. The van der Waals surface area contributed by atoms with Crippen molar-refractivity contribution in [1.82, 2.24) is 9.88 Å². The summed E-state index contributed by atoms with van der Waals surface area (Å²) in [5.74, 6) is 0.453. The van der Waals surface area contributed by atoms with Gasteiger partial charge in [-0.15, -0.1) is 0 Å². The number of piperidine rings is 1. The van der Waals surface area contributed by atoms with E-state index in [1.807, 2.05) is 18.2 Å².